The Kier molecular flexibility index (Phi) is 3.75. The molecule has 2 atom stereocenters. The Morgan fingerprint density at radius 3 is 2.15 bits per heavy atom. The van der Waals surface area contributed by atoms with Crippen LogP contribution in [0.4, 0.5) is 3.89 Å². The van der Waals surface area contributed by atoms with E-state index in [1.54, 1.807) is 13.8 Å². The molecular weight excluding hydrogens is 187 g/mol. The fourth-order valence-electron chi connectivity index (χ4n) is 0.982. The zero-order chi connectivity index (χ0) is 10.7. The molecule has 0 aliphatic heterocycles. The van der Waals surface area contributed by atoms with Gasteiger partial charge >= 0.3 is 0 Å². The summed E-state index contributed by atoms with van der Waals surface area (Å²) in [6, 6.07) is 4.02. The summed E-state index contributed by atoms with van der Waals surface area (Å²) in [6.07, 6.45) is 3.22. The Hall–Kier alpha value is -0.740. The summed E-state index contributed by atoms with van der Waals surface area (Å²) in [5.74, 6) is -0.271. The molecule has 13 heavy (non-hydrogen) atoms. The second-order valence-electron chi connectivity index (χ2n) is 3.78. The summed E-state index contributed by atoms with van der Waals surface area (Å²) in [5, 5.41) is 17.5. The Morgan fingerprint density at radius 1 is 1.46 bits per heavy atom. The number of rotatable bonds is 3. The van der Waals surface area contributed by atoms with E-state index in [2.05, 4.69) is 0 Å². The van der Waals surface area contributed by atoms with E-state index in [9.17, 15) is 3.89 Å². The maximum absolute atomic E-state index is 13.7. The Morgan fingerprint density at radius 2 is 1.92 bits per heavy atom. The van der Waals surface area contributed by atoms with Crippen molar-refractivity contribution < 1.29 is 3.89 Å². The molecule has 74 valence electrons. The van der Waals surface area contributed by atoms with E-state index in [4.69, 9.17) is 10.5 Å². The topological polar surface area (TPSA) is 47.6 Å². The Balaban J connectivity index is 4.72. The highest BCUT2D eigenvalue weighted by Gasteiger charge is 2.39. The molecule has 0 heterocycles. The van der Waals surface area contributed by atoms with E-state index < -0.39 is 15.2 Å². The number of halogens is 1. The lowest BCUT2D eigenvalue weighted by molar-refractivity contribution is 0.576. The molecular formula is C9H15FN2S. The van der Waals surface area contributed by atoms with E-state index in [1.807, 2.05) is 12.1 Å². The van der Waals surface area contributed by atoms with E-state index >= 15 is 0 Å². The second kappa shape index (κ2) is 3.98. The van der Waals surface area contributed by atoms with Crippen molar-refractivity contribution in [1.29, 1.82) is 10.5 Å². The van der Waals surface area contributed by atoms with Gasteiger partial charge in [-0.05, 0) is 32.8 Å². The van der Waals surface area contributed by atoms with Crippen LogP contribution in [0.2, 0.25) is 0 Å². The largest absolute Gasteiger partial charge is 0.198 e. The van der Waals surface area contributed by atoms with Crippen LogP contribution in [0.25, 0.3) is 0 Å². The molecule has 0 bridgehead atoms. The van der Waals surface area contributed by atoms with Crippen LogP contribution in [-0.2, 0) is 0 Å². The lowest BCUT2D eigenvalue weighted by Crippen LogP contribution is -2.29. The number of nitriles is 2. The van der Waals surface area contributed by atoms with Crippen molar-refractivity contribution >= 4 is 10.4 Å². The zero-order valence-electron chi connectivity index (χ0n) is 8.47. The number of nitrogens with zero attached hydrogens (tertiary/aromatic N) is 2. The Labute approximate surface area is 81.0 Å². The fourth-order valence-corrected chi connectivity index (χ4v) is 1.85. The summed E-state index contributed by atoms with van der Waals surface area (Å²) in [7, 11) is -2.43. The van der Waals surface area contributed by atoms with Crippen molar-refractivity contribution in [1.82, 2.24) is 0 Å². The lowest BCUT2D eigenvalue weighted by atomic mass is 9.99. The molecule has 0 aliphatic carbocycles. The van der Waals surface area contributed by atoms with Crippen LogP contribution < -0.4 is 0 Å². The van der Waals surface area contributed by atoms with E-state index in [0.717, 1.165) is 0 Å². The Bertz CT molecular complexity index is 258. The van der Waals surface area contributed by atoms with Gasteiger partial charge in [0.1, 0.15) is 4.75 Å². The molecule has 0 amide bonds. The molecule has 2 unspecified atom stereocenters. The molecule has 2 nitrogen and oxygen atoms in total. The molecule has 0 aliphatic rings. The maximum Gasteiger partial charge on any atom is 0.110 e. The first kappa shape index (κ1) is 12.3. The van der Waals surface area contributed by atoms with Crippen LogP contribution in [-0.4, -0.2) is 17.3 Å². The highest BCUT2D eigenvalue weighted by atomic mass is 32.3. The van der Waals surface area contributed by atoms with Crippen LogP contribution in [0, 0.1) is 28.6 Å². The predicted molar refractivity (Wildman–Crippen MR) is 54.0 cm³/mol. The molecule has 0 aromatic carbocycles. The molecule has 0 saturated carbocycles. The third-order valence-electron chi connectivity index (χ3n) is 2.22. The van der Waals surface area contributed by atoms with Gasteiger partial charge in [-0.25, -0.2) is 0 Å². The monoisotopic (exact) mass is 202 g/mol. The van der Waals surface area contributed by atoms with Crippen LogP contribution in [0.5, 0.6) is 0 Å². The molecule has 4 heteroatoms. The normalized spacial score (nSPS) is 19.3. The van der Waals surface area contributed by atoms with Crippen molar-refractivity contribution in [2.24, 2.45) is 5.92 Å². The summed E-state index contributed by atoms with van der Waals surface area (Å²) < 4.78 is 12.7. The second-order valence-corrected chi connectivity index (χ2v) is 7.08. The number of hydrogen-bond acceptors (Lipinski definition) is 2. The molecule has 0 aromatic rings. The molecule has 0 aromatic heterocycles. The highest BCUT2D eigenvalue weighted by molar-refractivity contribution is 8.29. The summed E-state index contributed by atoms with van der Waals surface area (Å²) >= 11 is 0. The average molecular weight is 202 g/mol. The third kappa shape index (κ3) is 2.90. The van der Waals surface area contributed by atoms with Crippen LogP contribution in [0.3, 0.4) is 0 Å². The van der Waals surface area contributed by atoms with Gasteiger partial charge in [-0.1, -0.05) is 10.4 Å². The molecule has 0 saturated heterocycles. The van der Waals surface area contributed by atoms with Crippen LogP contribution in [0.15, 0.2) is 0 Å². The van der Waals surface area contributed by atoms with Crippen molar-refractivity contribution in [2.45, 2.75) is 25.0 Å². The smallest absolute Gasteiger partial charge is 0.110 e. The van der Waals surface area contributed by atoms with E-state index in [0.29, 0.717) is 6.42 Å². The first-order valence-corrected chi connectivity index (χ1v) is 6.35. The van der Waals surface area contributed by atoms with Gasteiger partial charge in [-0.2, -0.15) is 14.4 Å². The third-order valence-corrected chi connectivity index (χ3v) is 4.62. The van der Waals surface area contributed by atoms with Gasteiger partial charge in [0.15, 0.2) is 0 Å². The van der Waals surface area contributed by atoms with Gasteiger partial charge in [0.05, 0.1) is 12.1 Å². The minimum atomic E-state index is -2.43. The summed E-state index contributed by atoms with van der Waals surface area (Å²) in [4.78, 5) is 0. The lowest BCUT2D eigenvalue weighted by Gasteiger charge is -2.36. The maximum atomic E-state index is 13.7. The van der Waals surface area contributed by atoms with E-state index in [-0.39, 0.29) is 5.92 Å². The van der Waals surface area contributed by atoms with Gasteiger partial charge in [-0.15, -0.1) is 0 Å². The summed E-state index contributed by atoms with van der Waals surface area (Å²) in [6.45, 7) is 3.30. The van der Waals surface area contributed by atoms with Crippen LogP contribution >= 0.6 is 10.4 Å². The zero-order valence-corrected chi connectivity index (χ0v) is 9.28. The molecule has 0 N–H and O–H groups in total. The van der Waals surface area contributed by atoms with Crippen LogP contribution in [0.1, 0.15) is 20.3 Å². The van der Waals surface area contributed by atoms with Crippen molar-refractivity contribution in [3.8, 4) is 12.1 Å². The van der Waals surface area contributed by atoms with Gasteiger partial charge in [-0.3, -0.25) is 0 Å². The van der Waals surface area contributed by atoms with Crippen molar-refractivity contribution in [3.63, 3.8) is 0 Å². The van der Waals surface area contributed by atoms with Gasteiger partial charge in [0, 0.05) is 5.92 Å². The predicted octanol–water partition coefficient (Wildman–Crippen LogP) is 2.77. The quantitative estimate of drug-likeness (QED) is 0.706. The molecule has 0 radical (unpaired) electrons. The molecule has 0 rings (SSSR count). The minimum Gasteiger partial charge on any atom is -0.198 e. The SMILES string of the molecule is CC(C#N)CC(C)(C#N)S(C)(C)F. The fraction of sp³-hybridized carbons (Fsp3) is 0.778. The van der Waals surface area contributed by atoms with Crippen molar-refractivity contribution in [2.75, 3.05) is 12.5 Å². The summed E-state index contributed by atoms with van der Waals surface area (Å²) in [5.41, 5.74) is 0. The van der Waals surface area contributed by atoms with Gasteiger partial charge in [0.25, 0.3) is 0 Å². The number of hydrogen-bond donors (Lipinski definition) is 0. The van der Waals surface area contributed by atoms with Crippen molar-refractivity contribution in [3.05, 3.63) is 0 Å². The molecule has 0 fully saturated rings. The standard InChI is InChI=1S/C9H15FN2S/c1-8(6-11)5-9(2,7-12)13(3,4)10/h8H,5H2,1-4H3. The van der Waals surface area contributed by atoms with E-state index in [1.165, 1.54) is 12.5 Å². The minimum absolute atomic E-state index is 0.271. The highest BCUT2D eigenvalue weighted by Crippen LogP contribution is 2.56. The van der Waals surface area contributed by atoms with Gasteiger partial charge < -0.3 is 0 Å². The van der Waals surface area contributed by atoms with Gasteiger partial charge in [0.2, 0.25) is 0 Å². The molecule has 0 spiro atoms. The first-order valence-electron chi connectivity index (χ1n) is 4.00. The average Bonchev–Trinajstić information content (AvgIpc) is 2.02. The first-order chi connectivity index (χ1) is 5.77.